The van der Waals surface area contributed by atoms with Crippen molar-refractivity contribution < 1.29 is 32.2 Å². The second-order valence-corrected chi connectivity index (χ2v) is 9.77. The maximum atomic E-state index is 13.7. The fourth-order valence-electron chi connectivity index (χ4n) is 5.08. The van der Waals surface area contributed by atoms with E-state index in [9.17, 15) is 18.0 Å². The van der Waals surface area contributed by atoms with Gasteiger partial charge in [-0.15, -0.1) is 0 Å². The van der Waals surface area contributed by atoms with Gasteiger partial charge in [0.2, 0.25) is 0 Å². The summed E-state index contributed by atoms with van der Waals surface area (Å²) in [6, 6.07) is 11.9. The van der Waals surface area contributed by atoms with Crippen molar-refractivity contribution in [2.75, 3.05) is 27.4 Å². The summed E-state index contributed by atoms with van der Waals surface area (Å²) >= 11 is 6.11. The Balaban J connectivity index is 1.57. The zero-order valence-electron chi connectivity index (χ0n) is 22.1. The number of fused-ring (bicyclic) bond motifs is 3. The van der Waals surface area contributed by atoms with Crippen LogP contribution in [0.25, 0.3) is 5.65 Å². The van der Waals surface area contributed by atoms with E-state index in [4.69, 9.17) is 25.8 Å². The summed E-state index contributed by atoms with van der Waals surface area (Å²) < 4.78 is 58.7. The summed E-state index contributed by atoms with van der Waals surface area (Å²) in [7, 11) is 3.03. The number of aryl methyl sites for hydroxylation is 1. The molecule has 210 valence electrons. The summed E-state index contributed by atoms with van der Waals surface area (Å²) in [5.74, 6) is 1.24. The Morgan fingerprint density at radius 1 is 1.05 bits per heavy atom. The van der Waals surface area contributed by atoms with Crippen LogP contribution >= 0.6 is 11.6 Å². The van der Waals surface area contributed by atoms with Gasteiger partial charge in [-0.3, -0.25) is 4.79 Å². The topological polar surface area (TPSA) is 65.3 Å². The number of rotatable bonds is 7. The minimum atomic E-state index is -4.50. The summed E-state index contributed by atoms with van der Waals surface area (Å²) in [5, 5.41) is 0.578. The summed E-state index contributed by atoms with van der Waals surface area (Å²) in [6.45, 7) is 2.03. The van der Waals surface area contributed by atoms with Crippen LogP contribution in [0.1, 0.15) is 41.0 Å². The van der Waals surface area contributed by atoms with E-state index in [1.165, 1.54) is 20.4 Å². The summed E-state index contributed by atoms with van der Waals surface area (Å²) in [5.41, 5.74) is 2.16. The number of carbonyl (C=O) groups is 1. The highest BCUT2D eigenvalue weighted by molar-refractivity contribution is 6.30. The van der Waals surface area contributed by atoms with Crippen LogP contribution in [0.2, 0.25) is 5.02 Å². The van der Waals surface area contributed by atoms with Gasteiger partial charge in [-0.1, -0.05) is 24.6 Å². The molecule has 0 saturated heterocycles. The lowest BCUT2D eigenvalue weighted by atomic mass is 9.95. The van der Waals surface area contributed by atoms with E-state index in [0.717, 1.165) is 17.7 Å². The first-order valence-electron chi connectivity index (χ1n) is 12.6. The van der Waals surface area contributed by atoms with Crippen molar-refractivity contribution in [1.82, 2.24) is 14.3 Å². The molecule has 3 heterocycles. The zero-order chi connectivity index (χ0) is 28.6. The monoisotopic (exact) mass is 573 g/mol. The number of nitrogens with zero attached hydrogens (tertiary/aromatic N) is 3. The zero-order valence-corrected chi connectivity index (χ0v) is 22.8. The van der Waals surface area contributed by atoms with Crippen molar-refractivity contribution in [3.8, 4) is 17.2 Å². The van der Waals surface area contributed by atoms with Crippen LogP contribution in [0.15, 0.2) is 54.7 Å². The highest BCUT2D eigenvalue weighted by Gasteiger charge is 2.37. The number of methoxy groups -OCH3 is 2. The predicted molar refractivity (Wildman–Crippen MR) is 143 cm³/mol. The third kappa shape index (κ3) is 5.15. The summed E-state index contributed by atoms with van der Waals surface area (Å²) in [4.78, 5) is 19.9. The fourth-order valence-corrected chi connectivity index (χ4v) is 5.28. The van der Waals surface area contributed by atoms with Crippen LogP contribution in [0.3, 0.4) is 0 Å². The Labute approximate surface area is 234 Å². The number of halogens is 4. The molecule has 0 saturated carbocycles. The molecule has 0 bridgehead atoms. The molecule has 1 aliphatic rings. The number of benzene rings is 2. The van der Waals surface area contributed by atoms with Gasteiger partial charge in [0.25, 0.3) is 5.91 Å². The third-order valence-electron chi connectivity index (χ3n) is 7.03. The van der Waals surface area contributed by atoms with Crippen molar-refractivity contribution in [3.05, 3.63) is 87.8 Å². The largest absolute Gasteiger partial charge is 0.493 e. The second-order valence-electron chi connectivity index (χ2n) is 9.33. The number of hydrogen-bond acceptors (Lipinski definition) is 5. The van der Waals surface area contributed by atoms with E-state index in [2.05, 4.69) is 4.98 Å². The maximum absolute atomic E-state index is 13.7. The highest BCUT2D eigenvalue weighted by atomic mass is 35.5. The third-order valence-corrected chi connectivity index (χ3v) is 7.26. The number of hydrogen-bond donors (Lipinski definition) is 0. The van der Waals surface area contributed by atoms with Crippen LogP contribution in [-0.4, -0.2) is 47.6 Å². The van der Waals surface area contributed by atoms with Crippen LogP contribution in [0.4, 0.5) is 13.2 Å². The molecule has 1 atom stereocenters. The van der Waals surface area contributed by atoms with E-state index in [1.54, 1.807) is 45.7 Å². The van der Waals surface area contributed by atoms with Crippen molar-refractivity contribution >= 4 is 23.2 Å². The number of imidazole rings is 1. The van der Waals surface area contributed by atoms with Gasteiger partial charge < -0.3 is 23.5 Å². The van der Waals surface area contributed by atoms with Crippen molar-refractivity contribution in [2.45, 2.75) is 32.0 Å². The number of aromatic nitrogens is 2. The van der Waals surface area contributed by atoms with Gasteiger partial charge >= 0.3 is 6.18 Å². The molecule has 40 heavy (non-hydrogen) atoms. The van der Waals surface area contributed by atoms with E-state index in [0.29, 0.717) is 58.6 Å². The van der Waals surface area contributed by atoms with Gasteiger partial charge in [0.1, 0.15) is 11.4 Å². The molecule has 1 amide bonds. The molecule has 0 spiro atoms. The molecule has 2 aromatic heterocycles. The molecule has 0 aliphatic carbocycles. The van der Waals surface area contributed by atoms with E-state index < -0.39 is 17.8 Å². The Hall–Kier alpha value is -3.92. The lowest BCUT2D eigenvalue weighted by Gasteiger charge is -2.36. The molecule has 0 fully saturated rings. The molecule has 1 aliphatic heterocycles. The predicted octanol–water partition coefficient (Wildman–Crippen LogP) is 6.14. The fraction of sp³-hybridized carbons (Fsp3) is 0.310. The molecule has 5 rings (SSSR count). The van der Waals surface area contributed by atoms with Crippen LogP contribution in [0, 0.1) is 0 Å². The van der Waals surface area contributed by atoms with Gasteiger partial charge in [-0.2, -0.15) is 13.2 Å². The molecule has 2 aromatic carbocycles. The van der Waals surface area contributed by atoms with Crippen LogP contribution in [0.5, 0.6) is 17.2 Å². The lowest BCUT2D eigenvalue weighted by Crippen LogP contribution is -2.43. The van der Waals surface area contributed by atoms with Gasteiger partial charge in [0, 0.05) is 24.2 Å². The molecule has 11 heteroatoms. The first-order chi connectivity index (χ1) is 19.1. The van der Waals surface area contributed by atoms with Gasteiger partial charge in [-0.25, -0.2) is 4.98 Å². The standard InChI is InChI=1S/C29H27ClF3N3O4/c1-4-17-13-20(30)6-8-22(17)40-16-26(37)36-12-10-21-28(27(36)18-5-7-23(38-2)24(14-18)39-3)35-11-9-19(29(31,32)33)15-25(35)34-21/h5-9,11,13-15,27H,4,10,12,16H2,1-3H3. The minimum absolute atomic E-state index is 0.157. The van der Waals surface area contributed by atoms with Crippen molar-refractivity contribution in [1.29, 1.82) is 0 Å². The van der Waals surface area contributed by atoms with Crippen molar-refractivity contribution in [3.63, 3.8) is 0 Å². The SMILES string of the molecule is CCc1cc(Cl)ccc1OCC(=O)N1CCc2nc3cc(C(F)(F)F)ccn3c2C1c1ccc(OC)c(OC)c1. The Bertz CT molecular complexity index is 1570. The highest BCUT2D eigenvalue weighted by Crippen LogP contribution is 2.40. The second kappa shape index (κ2) is 10.9. The first-order valence-corrected chi connectivity index (χ1v) is 13.0. The van der Waals surface area contributed by atoms with Crippen LogP contribution in [-0.2, 0) is 23.8 Å². The van der Waals surface area contributed by atoms with Crippen LogP contribution < -0.4 is 14.2 Å². The molecule has 7 nitrogen and oxygen atoms in total. The van der Waals surface area contributed by atoms with Crippen molar-refractivity contribution in [2.24, 2.45) is 0 Å². The normalized spacial score (nSPS) is 15.2. The molecule has 1 unspecified atom stereocenters. The number of pyridine rings is 1. The maximum Gasteiger partial charge on any atom is 0.416 e. The Morgan fingerprint density at radius 2 is 1.80 bits per heavy atom. The molecular formula is C29H27ClF3N3O4. The quantitative estimate of drug-likeness (QED) is 0.266. The number of ether oxygens (including phenoxy) is 3. The number of amides is 1. The number of alkyl halides is 3. The minimum Gasteiger partial charge on any atom is -0.493 e. The molecular weight excluding hydrogens is 547 g/mol. The van der Waals surface area contributed by atoms with Gasteiger partial charge in [0.15, 0.2) is 18.1 Å². The van der Waals surface area contributed by atoms with E-state index in [-0.39, 0.29) is 18.2 Å². The summed E-state index contributed by atoms with van der Waals surface area (Å²) in [6.07, 6.45) is -2.11. The Kier molecular flexibility index (Phi) is 7.55. The molecule has 0 N–H and O–H groups in total. The number of carbonyl (C=O) groups excluding carboxylic acids is 1. The smallest absolute Gasteiger partial charge is 0.416 e. The average Bonchev–Trinajstić information content (AvgIpc) is 3.33. The Morgan fingerprint density at radius 3 is 2.50 bits per heavy atom. The lowest BCUT2D eigenvalue weighted by molar-refractivity contribution is -0.137. The molecule has 4 aromatic rings. The first kappa shape index (κ1) is 27.6. The van der Waals surface area contributed by atoms with E-state index in [1.807, 2.05) is 6.92 Å². The molecule has 0 radical (unpaired) electrons. The van der Waals surface area contributed by atoms with Gasteiger partial charge in [-0.05, 0) is 60.0 Å². The van der Waals surface area contributed by atoms with E-state index >= 15 is 0 Å². The average molecular weight is 574 g/mol. The van der Waals surface area contributed by atoms with Gasteiger partial charge in [0.05, 0.1) is 37.2 Å².